The van der Waals surface area contributed by atoms with Crippen LogP contribution in [0, 0.1) is 0 Å². The first-order valence-electron chi connectivity index (χ1n) is 9.37. The van der Waals surface area contributed by atoms with Gasteiger partial charge < -0.3 is 28.4 Å². The number of carbonyl (C=O) groups is 1. The van der Waals surface area contributed by atoms with E-state index in [0.717, 1.165) is 11.1 Å². The van der Waals surface area contributed by atoms with E-state index in [4.69, 9.17) is 28.4 Å². The second-order valence-electron chi connectivity index (χ2n) is 6.51. The fourth-order valence-electron chi connectivity index (χ4n) is 3.49. The number of methoxy groups -OCH3 is 3. The first kappa shape index (κ1) is 20.8. The Kier molecular flexibility index (Phi) is 6.49. The maximum atomic E-state index is 11.9. The van der Waals surface area contributed by atoms with Crippen LogP contribution in [0.15, 0.2) is 36.4 Å². The molecular weight excluding hydrogens is 376 g/mol. The lowest BCUT2D eigenvalue weighted by atomic mass is 9.91. The lowest BCUT2D eigenvalue weighted by Crippen LogP contribution is -2.39. The van der Waals surface area contributed by atoms with Gasteiger partial charge in [0.05, 0.1) is 21.3 Å². The van der Waals surface area contributed by atoms with Crippen molar-refractivity contribution in [2.45, 2.75) is 32.2 Å². The molecule has 2 aromatic carbocycles. The lowest BCUT2D eigenvalue weighted by molar-refractivity contribution is -0.169. The average molecular weight is 402 g/mol. The van der Waals surface area contributed by atoms with Gasteiger partial charge in [-0.3, -0.25) is 4.79 Å². The van der Waals surface area contributed by atoms with Gasteiger partial charge in [-0.15, -0.1) is 0 Å². The van der Waals surface area contributed by atoms with Crippen LogP contribution >= 0.6 is 0 Å². The zero-order chi connectivity index (χ0) is 21.0. The van der Waals surface area contributed by atoms with E-state index in [-0.39, 0.29) is 0 Å². The highest BCUT2D eigenvalue weighted by Crippen LogP contribution is 2.46. The molecule has 156 valence electrons. The SMILES string of the molecule is CCO[C@@H]1c2ccc(OC)cc2O[C@H](c2ccc(OC)c(OC)c2)[C@H]1OC(C)=O. The molecule has 0 amide bonds. The quantitative estimate of drug-likeness (QED) is 0.651. The molecular formula is C22H26O7. The summed E-state index contributed by atoms with van der Waals surface area (Å²) in [6, 6.07) is 11.0. The highest BCUT2D eigenvalue weighted by Gasteiger charge is 2.42. The van der Waals surface area contributed by atoms with Crippen molar-refractivity contribution in [1.82, 2.24) is 0 Å². The Bertz CT molecular complexity index is 864. The van der Waals surface area contributed by atoms with Gasteiger partial charge in [0, 0.05) is 30.7 Å². The van der Waals surface area contributed by atoms with Gasteiger partial charge in [0.1, 0.15) is 17.6 Å². The zero-order valence-electron chi connectivity index (χ0n) is 17.3. The molecule has 0 radical (unpaired) electrons. The summed E-state index contributed by atoms with van der Waals surface area (Å²) in [7, 11) is 4.73. The van der Waals surface area contributed by atoms with E-state index in [0.29, 0.717) is 29.6 Å². The van der Waals surface area contributed by atoms with E-state index in [9.17, 15) is 4.79 Å². The highest BCUT2D eigenvalue weighted by atomic mass is 16.6. The summed E-state index contributed by atoms with van der Waals surface area (Å²) < 4.78 is 34.0. The maximum absolute atomic E-state index is 11.9. The van der Waals surface area contributed by atoms with Crippen LogP contribution in [-0.2, 0) is 14.3 Å². The van der Waals surface area contributed by atoms with Gasteiger partial charge in [-0.1, -0.05) is 6.07 Å². The number of ether oxygens (including phenoxy) is 6. The Morgan fingerprint density at radius 3 is 2.38 bits per heavy atom. The lowest BCUT2D eigenvalue weighted by Gasteiger charge is -2.39. The van der Waals surface area contributed by atoms with E-state index in [1.807, 2.05) is 31.2 Å². The van der Waals surface area contributed by atoms with Crippen LogP contribution in [0.25, 0.3) is 0 Å². The normalized spacial score (nSPS) is 20.2. The fraction of sp³-hybridized carbons (Fsp3) is 0.409. The predicted molar refractivity (Wildman–Crippen MR) is 106 cm³/mol. The van der Waals surface area contributed by atoms with E-state index >= 15 is 0 Å². The molecule has 1 aliphatic heterocycles. The number of rotatable bonds is 7. The van der Waals surface area contributed by atoms with Crippen LogP contribution < -0.4 is 18.9 Å². The number of hydrogen-bond acceptors (Lipinski definition) is 7. The van der Waals surface area contributed by atoms with Crippen molar-refractivity contribution < 1.29 is 33.2 Å². The van der Waals surface area contributed by atoms with Crippen LogP contribution in [0.5, 0.6) is 23.0 Å². The Balaban J connectivity index is 2.11. The molecule has 7 nitrogen and oxygen atoms in total. The van der Waals surface area contributed by atoms with Crippen LogP contribution in [0.1, 0.15) is 37.2 Å². The van der Waals surface area contributed by atoms with Gasteiger partial charge in [0.15, 0.2) is 23.7 Å². The summed E-state index contributed by atoms with van der Waals surface area (Å²) in [5.41, 5.74) is 1.57. The second kappa shape index (κ2) is 9.05. The molecule has 0 spiro atoms. The number of hydrogen-bond donors (Lipinski definition) is 0. The molecule has 1 heterocycles. The van der Waals surface area contributed by atoms with Crippen molar-refractivity contribution in [1.29, 1.82) is 0 Å². The van der Waals surface area contributed by atoms with Crippen LogP contribution in [0.2, 0.25) is 0 Å². The molecule has 3 rings (SSSR count). The summed E-state index contributed by atoms with van der Waals surface area (Å²) in [6.07, 6.45) is -1.77. The number of carbonyl (C=O) groups excluding carboxylic acids is 1. The van der Waals surface area contributed by atoms with Crippen molar-refractivity contribution >= 4 is 5.97 Å². The van der Waals surface area contributed by atoms with E-state index < -0.39 is 24.3 Å². The maximum Gasteiger partial charge on any atom is 0.303 e. The molecule has 0 aromatic heterocycles. The van der Waals surface area contributed by atoms with Crippen molar-refractivity contribution in [2.75, 3.05) is 27.9 Å². The molecule has 0 bridgehead atoms. The molecule has 3 atom stereocenters. The van der Waals surface area contributed by atoms with Gasteiger partial charge in [0.25, 0.3) is 0 Å². The number of benzene rings is 2. The first-order chi connectivity index (χ1) is 14.0. The third-order valence-corrected chi connectivity index (χ3v) is 4.76. The predicted octanol–water partition coefficient (Wildman–Crippen LogP) is 3.86. The summed E-state index contributed by atoms with van der Waals surface area (Å²) in [5, 5.41) is 0. The van der Waals surface area contributed by atoms with Gasteiger partial charge in [-0.05, 0) is 31.2 Å². The van der Waals surface area contributed by atoms with Gasteiger partial charge >= 0.3 is 5.97 Å². The topological polar surface area (TPSA) is 72.5 Å². The van der Waals surface area contributed by atoms with Crippen LogP contribution in [0.4, 0.5) is 0 Å². The summed E-state index contributed by atoms with van der Waals surface area (Å²) in [5.74, 6) is 2.02. The molecule has 2 aromatic rings. The molecule has 0 fully saturated rings. The molecule has 0 aliphatic carbocycles. The number of fused-ring (bicyclic) bond motifs is 1. The minimum Gasteiger partial charge on any atom is -0.497 e. The van der Waals surface area contributed by atoms with E-state index in [1.165, 1.54) is 6.92 Å². The largest absolute Gasteiger partial charge is 0.497 e. The first-order valence-corrected chi connectivity index (χ1v) is 9.37. The average Bonchev–Trinajstić information content (AvgIpc) is 2.73. The third-order valence-electron chi connectivity index (χ3n) is 4.76. The minimum absolute atomic E-state index is 0.411. The van der Waals surface area contributed by atoms with Gasteiger partial charge in [0.2, 0.25) is 0 Å². The summed E-state index contributed by atoms with van der Waals surface area (Å²) in [6.45, 7) is 3.72. The van der Waals surface area contributed by atoms with E-state index in [1.54, 1.807) is 33.5 Å². The molecule has 29 heavy (non-hydrogen) atoms. The smallest absolute Gasteiger partial charge is 0.303 e. The Hall–Kier alpha value is -2.93. The molecule has 7 heteroatoms. The van der Waals surface area contributed by atoms with E-state index in [2.05, 4.69) is 0 Å². The Morgan fingerprint density at radius 2 is 1.76 bits per heavy atom. The molecule has 0 saturated heterocycles. The minimum atomic E-state index is -0.675. The molecule has 0 N–H and O–H groups in total. The van der Waals surface area contributed by atoms with Crippen LogP contribution in [-0.4, -0.2) is 40.0 Å². The number of esters is 1. The third kappa shape index (κ3) is 4.24. The van der Waals surface area contributed by atoms with Crippen LogP contribution in [0.3, 0.4) is 0 Å². The van der Waals surface area contributed by atoms with Crippen molar-refractivity contribution in [3.63, 3.8) is 0 Å². The Morgan fingerprint density at radius 1 is 1.00 bits per heavy atom. The van der Waals surface area contributed by atoms with Crippen molar-refractivity contribution in [2.24, 2.45) is 0 Å². The van der Waals surface area contributed by atoms with Crippen molar-refractivity contribution in [3.05, 3.63) is 47.5 Å². The standard InChI is InChI=1S/C22H26O7/c1-6-27-21-16-9-8-15(24-3)12-18(16)29-20(22(21)28-13(2)23)14-7-10-17(25-4)19(11-14)26-5/h7-12,20-22H,6H2,1-5H3/t20-,21-,22-/m1/s1. The molecule has 0 saturated carbocycles. The fourth-order valence-corrected chi connectivity index (χ4v) is 3.49. The monoisotopic (exact) mass is 402 g/mol. The van der Waals surface area contributed by atoms with Gasteiger partial charge in [-0.25, -0.2) is 0 Å². The molecule has 0 unspecified atom stereocenters. The Labute approximate surface area is 170 Å². The summed E-state index contributed by atoms with van der Waals surface area (Å²) in [4.78, 5) is 11.9. The summed E-state index contributed by atoms with van der Waals surface area (Å²) >= 11 is 0. The van der Waals surface area contributed by atoms with Gasteiger partial charge in [-0.2, -0.15) is 0 Å². The highest BCUT2D eigenvalue weighted by molar-refractivity contribution is 5.66. The van der Waals surface area contributed by atoms with Crippen molar-refractivity contribution in [3.8, 4) is 23.0 Å². The second-order valence-corrected chi connectivity index (χ2v) is 6.51. The zero-order valence-corrected chi connectivity index (χ0v) is 17.3. The molecule has 1 aliphatic rings.